The maximum atomic E-state index is 11.2. The topological polar surface area (TPSA) is 57.5 Å². The van der Waals surface area contributed by atoms with Crippen molar-refractivity contribution in [2.45, 2.75) is 11.9 Å². The molecule has 2 N–H and O–H groups in total. The molecule has 0 saturated carbocycles. The first kappa shape index (κ1) is 11.8. The lowest BCUT2D eigenvalue weighted by molar-refractivity contribution is 0.370. The summed E-state index contributed by atoms with van der Waals surface area (Å²) in [5.74, 6) is 0.685. The van der Waals surface area contributed by atoms with E-state index in [0.717, 1.165) is 0 Å². The second-order valence-electron chi connectivity index (χ2n) is 2.81. The van der Waals surface area contributed by atoms with Gasteiger partial charge in [-0.2, -0.15) is 0 Å². The average molecular weight is 232 g/mol. The molecule has 0 heterocycles. The highest BCUT2D eigenvalue weighted by Crippen LogP contribution is 2.57. The van der Waals surface area contributed by atoms with Crippen LogP contribution in [0.25, 0.3) is 0 Å². The molecule has 0 saturated heterocycles. The molecule has 0 radical (unpaired) electrons. The van der Waals surface area contributed by atoms with E-state index in [4.69, 9.17) is 9.79 Å². The Morgan fingerprint density at radius 2 is 1.93 bits per heavy atom. The Morgan fingerprint density at radius 3 is 2.36 bits per heavy atom. The Hall–Kier alpha value is -0.280. The normalized spacial score (nSPS) is 13.9. The van der Waals surface area contributed by atoms with E-state index in [0.29, 0.717) is 11.3 Å². The molecule has 3 nitrogen and oxygen atoms in total. The van der Waals surface area contributed by atoms with Gasteiger partial charge in [-0.15, -0.1) is 11.8 Å². The summed E-state index contributed by atoms with van der Waals surface area (Å²) in [7, 11) is -4.05. The van der Waals surface area contributed by atoms with Gasteiger partial charge in [-0.25, -0.2) is 0 Å². The second-order valence-corrected chi connectivity index (χ2v) is 6.23. The van der Waals surface area contributed by atoms with Crippen molar-refractivity contribution in [2.75, 3.05) is 5.75 Å². The van der Waals surface area contributed by atoms with Gasteiger partial charge in [0.05, 0.1) is 0 Å². The molecule has 0 spiro atoms. The summed E-state index contributed by atoms with van der Waals surface area (Å²) in [6.07, 6.45) is 0. The van der Waals surface area contributed by atoms with E-state index < -0.39 is 12.6 Å². The van der Waals surface area contributed by atoms with Crippen LogP contribution in [0.2, 0.25) is 0 Å². The van der Waals surface area contributed by atoms with Crippen molar-refractivity contribution >= 4 is 19.4 Å². The first-order chi connectivity index (χ1) is 6.55. The van der Waals surface area contributed by atoms with E-state index in [9.17, 15) is 4.57 Å². The summed E-state index contributed by atoms with van der Waals surface area (Å²) in [6, 6.07) is 8.89. The molecule has 5 heteroatoms. The van der Waals surface area contributed by atoms with Crippen LogP contribution in [0.3, 0.4) is 0 Å². The number of hydrogen-bond acceptors (Lipinski definition) is 2. The van der Waals surface area contributed by atoms with Crippen molar-refractivity contribution in [3.05, 3.63) is 35.9 Å². The van der Waals surface area contributed by atoms with Crippen LogP contribution in [0.4, 0.5) is 0 Å². The molecule has 0 fully saturated rings. The molecular formula is C9H13O3PS. The van der Waals surface area contributed by atoms with Gasteiger partial charge >= 0.3 is 7.60 Å². The summed E-state index contributed by atoms with van der Waals surface area (Å²) in [5.41, 5.74) is 0.688. The summed E-state index contributed by atoms with van der Waals surface area (Å²) < 4.78 is 11.2. The molecule has 0 amide bonds. The quantitative estimate of drug-likeness (QED) is 0.783. The molecule has 0 aliphatic heterocycles. The Kier molecular flexibility index (Phi) is 4.20. The van der Waals surface area contributed by atoms with Crippen LogP contribution in [-0.2, 0) is 4.57 Å². The van der Waals surface area contributed by atoms with Gasteiger partial charge < -0.3 is 9.79 Å². The molecule has 1 unspecified atom stereocenters. The summed E-state index contributed by atoms with van der Waals surface area (Å²) >= 11 is 1.27. The van der Waals surface area contributed by atoms with E-state index >= 15 is 0 Å². The van der Waals surface area contributed by atoms with Gasteiger partial charge in [0.2, 0.25) is 0 Å². The fraction of sp³-hybridized carbons (Fsp3) is 0.333. The minimum Gasteiger partial charge on any atom is -0.323 e. The average Bonchev–Trinajstić information content (AvgIpc) is 2.14. The van der Waals surface area contributed by atoms with Crippen molar-refractivity contribution in [3.63, 3.8) is 0 Å². The van der Waals surface area contributed by atoms with Gasteiger partial charge in [0.15, 0.2) is 0 Å². The van der Waals surface area contributed by atoms with E-state index in [2.05, 4.69) is 0 Å². The van der Waals surface area contributed by atoms with Gasteiger partial charge in [0, 0.05) is 0 Å². The second kappa shape index (κ2) is 4.99. The highest BCUT2D eigenvalue weighted by atomic mass is 32.2. The van der Waals surface area contributed by atoms with Crippen molar-refractivity contribution in [1.82, 2.24) is 0 Å². The number of benzene rings is 1. The molecule has 78 valence electrons. The fourth-order valence-electron chi connectivity index (χ4n) is 1.16. The van der Waals surface area contributed by atoms with Crippen molar-refractivity contribution in [2.24, 2.45) is 0 Å². The smallest absolute Gasteiger partial charge is 0.323 e. The lowest BCUT2D eigenvalue weighted by atomic mass is 10.2. The van der Waals surface area contributed by atoms with E-state index in [1.807, 2.05) is 13.0 Å². The largest absolute Gasteiger partial charge is 0.342 e. The molecule has 0 aromatic heterocycles. The minimum atomic E-state index is -4.05. The third-order valence-electron chi connectivity index (χ3n) is 1.71. The number of thioether (sulfide) groups is 1. The third-order valence-corrected chi connectivity index (χ3v) is 4.82. The summed E-state index contributed by atoms with van der Waals surface area (Å²) in [5, 5.41) is 0. The zero-order valence-corrected chi connectivity index (χ0v) is 9.54. The van der Waals surface area contributed by atoms with Gasteiger partial charge in [-0.3, -0.25) is 4.57 Å². The first-order valence-corrected chi connectivity index (χ1v) is 7.00. The van der Waals surface area contributed by atoms with Crippen LogP contribution in [0.5, 0.6) is 0 Å². The standard InChI is InChI=1S/C9H13O3PS/c1-2-14-9(13(10,11)12)8-6-4-3-5-7-8/h3-7,9H,2H2,1H3,(H2,10,11,12). The Morgan fingerprint density at radius 1 is 1.36 bits per heavy atom. The van der Waals surface area contributed by atoms with Crippen LogP contribution >= 0.6 is 19.4 Å². The Labute approximate surface area is 87.7 Å². The predicted molar refractivity (Wildman–Crippen MR) is 59.4 cm³/mol. The first-order valence-electron chi connectivity index (χ1n) is 4.27. The lowest BCUT2D eigenvalue weighted by Gasteiger charge is -2.17. The van der Waals surface area contributed by atoms with Crippen LogP contribution in [0.1, 0.15) is 17.5 Å². The number of rotatable bonds is 4. The minimum absolute atomic E-state index is 0.685. The molecule has 0 aliphatic rings. The Balaban J connectivity index is 2.95. The highest BCUT2D eigenvalue weighted by Gasteiger charge is 2.29. The Bertz CT molecular complexity index is 322. The van der Waals surface area contributed by atoms with Gasteiger partial charge in [-0.1, -0.05) is 37.3 Å². The van der Waals surface area contributed by atoms with Gasteiger partial charge in [0.25, 0.3) is 0 Å². The maximum absolute atomic E-state index is 11.2. The monoisotopic (exact) mass is 232 g/mol. The van der Waals surface area contributed by atoms with E-state index in [-0.39, 0.29) is 0 Å². The van der Waals surface area contributed by atoms with Crippen molar-refractivity contribution in [1.29, 1.82) is 0 Å². The van der Waals surface area contributed by atoms with Crippen molar-refractivity contribution in [3.8, 4) is 0 Å². The molecule has 1 rings (SSSR count). The summed E-state index contributed by atoms with van der Waals surface area (Å²) in [6.45, 7) is 1.89. The van der Waals surface area contributed by atoms with E-state index in [1.165, 1.54) is 11.8 Å². The number of hydrogen-bond donors (Lipinski definition) is 2. The molecule has 1 atom stereocenters. The van der Waals surface area contributed by atoms with E-state index in [1.54, 1.807) is 24.3 Å². The summed E-state index contributed by atoms with van der Waals surface area (Å²) in [4.78, 5) is 17.6. The molecule has 1 aromatic rings. The van der Waals surface area contributed by atoms with Gasteiger partial charge in [0.1, 0.15) is 4.99 Å². The zero-order valence-electron chi connectivity index (χ0n) is 7.83. The molecule has 0 bridgehead atoms. The SMILES string of the molecule is CCSC(c1ccccc1)P(=O)(O)O. The maximum Gasteiger partial charge on any atom is 0.342 e. The molecule has 14 heavy (non-hydrogen) atoms. The predicted octanol–water partition coefficient (Wildman–Crippen LogP) is 2.62. The molecule has 1 aromatic carbocycles. The van der Waals surface area contributed by atoms with Crippen LogP contribution in [0.15, 0.2) is 30.3 Å². The third kappa shape index (κ3) is 3.14. The molecule has 0 aliphatic carbocycles. The molecular weight excluding hydrogens is 219 g/mol. The zero-order chi connectivity index (χ0) is 10.6. The van der Waals surface area contributed by atoms with Crippen molar-refractivity contribution < 1.29 is 14.4 Å². The van der Waals surface area contributed by atoms with Crippen LogP contribution < -0.4 is 0 Å². The van der Waals surface area contributed by atoms with Crippen LogP contribution in [0, 0.1) is 0 Å². The fourth-order valence-corrected chi connectivity index (χ4v) is 3.61. The van der Waals surface area contributed by atoms with Crippen LogP contribution in [-0.4, -0.2) is 15.5 Å². The highest BCUT2D eigenvalue weighted by molar-refractivity contribution is 8.04. The van der Waals surface area contributed by atoms with Gasteiger partial charge in [-0.05, 0) is 11.3 Å². The lowest BCUT2D eigenvalue weighted by Crippen LogP contribution is -1.95.